The van der Waals surface area contributed by atoms with Crippen molar-refractivity contribution in [2.75, 3.05) is 0 Å². The number of rotatable bonds is 3. The number of benzene rings is 1. The van der Waals surface area contributed by atoms with Gasteiger partial charge in [0.15, 0.2) is 0 Å². The smallest absolute Gasteiger partial charge is 0.0480 e. The summed E-state index contributed by atoms with van der Waals surface area (Å²) in [5.74, 6) is 0. The van der Waals surface area contributed by atoms with Crippen LogP contribution in [0.2, 0.25) is 0 Å². The lowest BCUT2D eigenvalue weighted by Crippen LogP contribution is -2.15. The molecule has 15 heavy (non-hydrogen) atoms. The van der Waals surface area contributed by atoms with Crippen molar-refractivity contribution in [2.45, 2.75) is 25.8 Å². The molecule has 0 spiro atoms. The second-order valence-corrected chi connectivity index (χ2v) is 4.34. The summed E-state index contributed by atoms with van der Waals surface area (Å²) in [6, 6.07) is 9.08. The Bertz CT molecular complexity index is 455. The highest BCUT2D eigenvalue weighted by molar-refractivity contribution is 5.80. The zero-order chi connectivity index (χ0) is 10.8. The van der Waals surface area contributed by atoms with Gasteiger partial charge in [0.1, 0.15) is 0 Å². The SMILES string of the molecule is C[C@@H](N)CCc1ccc2ccn(C)c2c1. The minimum atomic E-state index is 0.286. The van der Waals surface area contributed by atoms with Crippen LogP contribution in [0.15, 0.2) is 30.5 Å². The number of nitrogens with two attached hydrogens (primary N) is 1. The van der Waals surface area contributed by atoms with Crippen molar-refractivity contribution in [3.05, 3.63) is 36.0 Å². The summed E-state index contributed by atoms with van der Waals surface area (Å²) in [6.07, 6.45) is 4.22. The monoisotopic (exact) mass is 202 g/mol. The van der Waals surface area contributed by atoms with Gasteiger partial charge in [-0.3, -0.25) is 0 Å². The second kappa shape index (κ2) is 4.07. The molecular weight excluding hydrogens is 184 g/mol. The summed E-state index contributed by atoms with van der Waals surface area (Å²) >= 11 is 0. The van der Waals surface area contributed by atoms with E-state index < -0.39 is 0 Å². The van der Waals surface area contributed by atoms with Crippen LogP contribution in [0, 0.1) is 0 Å². The number of hydrogen-bond acceptors (Lipinski definition) is 1. The Kier molecular flexibility index (Phi) is 2.78. The Morgan fingerprint density at radius 1 is 1.33 bits per heavy atom. The molecule has 0 fully saturated rings. The van der Waals surface area contributed by atoms with E-state index in [1.54, 1.807) is 0 Å². The van der Waals surface area contributed by atoms with E-state index in [9.17, 15) is 0 Å². The number of nitrogens with zero attached hydrogens (tertiary/aromatic N) is 1. The number of hydrogen-bond donors (Lipinski definition) is 1. The van der Waals surface area contributed by atoms with E-state index in [0.29, 0.717) is 0 Å². The van der Waals surface area contributed by atoms with Gasteiger partial charge in [-0.15, -0.1) is 0 Å². The van der Waals surface area contributed by atoms with Crippen molar-refractivity contribution in [1.29, 1.82) is 0 Å². The summed E-state index contributed by atoms with van der Waals surface area (Å²) in [5, 5.41) is 1.31. The fraction of sp³-hybridized carbons (Fsp3) is 0.385. The lowest BCUT2D eigenvalue weighted by molar-refractivity contribution is 0.666. The maximum absolute atomic E-state index is 5.76. The maximum atomic E-state index is 5.76. The third-order valence-electron chi connectivity index (χ3n) is 2.84. The van der Waals surface area contributed by atoms with E-state index in [4.69, 9.17) is 5.73 Å². The van der Waals surface area contributed by atoms with Crippen LogP contribution in [0.3, 0.4) is 0 Å². The maximum Gasteiger partial charge on any atom is 0.0480 e. The first-order chi connectivity index (χ1) is 7.16. The molecule has 1 aromatic carbocycles. The Morgan fingerprint density at radius 2 is 2.13 bits per heavy atom. The molecule has 0 radical (unpaired) electrons. The van der Waals surface area contributed by atoms with Crippen molar-refractivity contribution in [2.24, 2.45) is 12.8 Å². The summed E-state index contributed by atoms with van der Waals surface area (Å²) in [7, 11) is 2.08. The van der Waals surface area contributed by atoms with Gasteiger partial charge in [0.25, 0.3) is 0 Å². The predicted molar refractivity (Wildman–Crippen MR) is 64.9 cm³/mol. The molecule has 2 aromatic rings. The molecule has 1 atom stereocenters. The van der Waals surface area contributed by atoms with E-state index in [1.165, 1.54) is 16.5 Å². The largest absolute Gasteiger partial charge is 0.351 e. The van der Waals surface area contributed by atoms with Crippen LogP contribution in [0.4, 0.5) is 0 Å². The number of aryl methyl sites for hydroxylation is 2. The van der Waals surface area contributed by atoms with Crippen LogP contribution in [-0.2, 0) is 13.5 Å². The molecule has 2 nitrogen and oxygen atoms in total. The van der Waals surface area contributed by atoms with Crippen molar-refractivity contribution < 1.29 is 0 Å². The zero-order valence-corrected chi connectivity index (χ0v) is 9.40. The van der Waals surface area contributed by atoms with Gasteiger partial charge < -0.3 is 10.3 Å². The van der Waals surface area contributed by atoms with Crippen LogP contribution < -0.4 is 5.73 Å². The Hall–Kier alpha value is -1.28. The zero-order valence-electron chi connectivity index (χ0n) is 9.40. The molecule has 2 heteroatoms. The standard InChI is InChI=1S/C13H18N2/c1-10(14)3-4-11-5-6-12-7-8-15(2)13(12)9-11/h5-10H,3-4,14H2,1-2H3/t10-/m1/s1. The first kappa shape index (κ1) is 10.2. The third kappa shape index (κ3) is 2.21. The average molecular weight is 202 g/mol. The average Bonchev–Trinajstić information content (AvgIpc) is 2.57. The third-order valence-corrected chi connectivity index (χ3v) is 2.84. The number of aromatic nitrogens is 1. The van der Waals surface area contributed by atoms with Crippen LogP contribution in [-0.4, -0.2) is 10.6 Å². The normalized spacial score (nSPS) is 13.3. The van der Waals surface area contributed by atoms with Crippen LogP contribution in [0.25, 0.3) is 10.9 Å². The Balaban J connectivity index is 2.25. The van der Waals surface area contributed by atoms with Gasteiger partial charge >= 0.3 is 0 Å². The molecule has 80 valence electrons. The molecule has 0 saturated heterocycles. The van der Waals surface area contributed by atoms with E-state index >= 15 is 0 Å². The van der Waals surface area contributed by atoms with Gasteiger partial charge in [-0.05, 0) is 42.8 Å². The van der Waals surface area contributed by atoms with E-state index in [0.717, 1.165) is 12.8 Å². The highest BCUT2D eigenvalue weighted by Gasteiger charge is 2.01. The van der Waals surface area contributed by atoms with Gasteiger partial charge in [0, 0.05) is 24.8 Å². The Morgan fingerprint density at radius 3 is 2.87 bits per heavy atom. The lowest BCUT2D eigenvalue weighted by atomic mass is 10.1. The van der Waals surface area contributed by atoms with Crippen LogP contribution in [0.5, 0.6) is 0 Å². The minimum absolute atomic E-state index is 0.286. The molecule has 1 aromatic heterocycles. The van der Waals surface area contributed by atoms with Crippen molar-refractivity contribution in [1.82, 2.24) is 4.57 Å². The molecule has 0 bridgehead atoms. The topological polar surface area (TPSA) is 30.9 Å². The molecule has 0 amide bonds. The molecule has 0 aliphatic heterocycles. The molecule has 1 heterocycles. The van der Waals surface area contributed by atoms with Crippen molar-refractivity contribution in [3.8, 4) is 0 Å². The van der Waals surface area contributed by atoms with E-state index in [-0.39, 0.29) is 6.04 Å². The molecule has 2 N–H and O–H groups in total. The summed E-state index contributed by atoms with van der Waals surface area (Å²) < 4.78 is 2.16. The summed E-state index contributed by atoms with van der Waals surface area (Å²) in [6.45, 7) is 2.06. The Labute approximate surface area is 90.7 Å². The van der Waals surface area contributed by atoms with Crippen molar-refractivity contribution >= 4 is 10.9 Å². The molecule has 0 unspecified atom stereocenters. The second-order valence-electron chi connectivity index (χ2n) is 4.34. The van der Waals surface area contributed by atoms with Gasteiger partial charge in [-0.1, -0.05) is 12.1 Å². The molecule has 0 aliphatic rings. The summed E-state index contributed by atoms with van der Waals surface area (Å²) in [5.41, 5.74) is 8.44. The van der Waals surface area contributed by atoms with Gasteiger partial charge in [0.05, 0.1) is 0 Å². The van der Waals surface area contributed by atoms with Crippen molar-refractivity contribution in [3.63, 3.8) is 0 Å². The lowest BCUT2D eigenvalue weighted by Gasteiger charge is -2.05. The molecule has 0 aliphatic carbocycles. The van der Waals surface area contributed by atoms with Gasteiger partial charge in [-0.2, -0.15) is 0 Å². The molecular formula is C13H18N2. The highest BCUT2D eigenvalue weighted by atomic mass is 14.9. The first-order valence-electron chi connectivity index (χ1n) is 5.46. The predicted octanol–water partition coefficient (Wildman–Crippen LogP) is 2.46. The number of fused-ring (bicyclic) bond motifs is 1. The van der Waals surface area contributed by atoms with E-state index in [1.807, 2.05) is 0 Å². The van der Waals surface area contributed by atoms with E-state index in [2.05, 4.69) is 49.0 Å². The minimum Gasteiger partial charge on any atom is -0.351 e. The molecule has 0 saturated carbocycles. The van der Waals surface area contributed by atoms with Gasteiger partial charge in [0.2, 0.25) is 0 Å². The van der Waals surface area contributed by atoms with Gasteiger partial charge in [-0.25, -0.2) is 0 Å². The van der Waals surface area contributed by atoms with Crippen LogP contribution in [0.1, 0.15) is 18.9 Å². The fourth-order valence-electron chi connectivity index (χ4n) is 1.86. The first-order valence-corrected chi connectivity index (χ1v) is 5.46. The highest BCUT2D eigenvalue weighted by Crippen LogP contribution is 2.17. The fourth-order valence-corrected chi connectivity index (χ4v) is 1.86. The van der Waals surface area contributed by atoms with Crippen LogP contribution >= 0.6 is 0 Å². The summed E-state index contributed by atoms with van der Waals surface area (Å²) in [4.78, 5) is 0. The molecule has 2 rings (SSSR count). The quantitative estimate of drug-likeness (QED) is 0.814.